The minimum atomic E-state index is -0.859. The maximum absolute atomic E-state index is 11.2. The molecular formula is C23H28O3. The van der Waals surface area contributed by atoms with Gasteiger partial charge in [-0.05, 0) is 58.1 Å². The minimum absolute atomic E-state index is 0.195. The van der Waals surface area contributed by atoms with Gasteiger partial charge in [0.05, 0.1) is 16.8 Å². The number of carboxylic acids is 1. The largest absolute Gasteiger partial charge is 0.478 e. The van der Waals surface area contributed by atoms with E-state index < -0.39 is 5.97 Å². The highest BCUT2D eigenvalue weighted by atomic mass is 16.5. The highest BCUT2D eigenvalue weighted by Gasteiger charge is 2.38. The van der Waals surface area contributed by atoms with E-state index in [-0.39, 0.29) is 17.1 Å². The second-order valence-corrected chi connectivity index (χ2v) is 8.52. The smallest absolute Gasteiger partial charge is 0.335 e. The third kappa shape index (κ3) is 4.16. The molecule has 1 aliphatic heterocycles. The van der Waals surface area contributed by atoms with Crippen LogP contribution in [0.25, 0.3) is 5.57 Å². The molecule has 0 amide bonds. The number of hydrogen-bond donors (Lipinski definition) is 1. The Kier molecular flexibility index (Phi) is 4.94. The number of rotatable bonds is 3. The van der Waals surface area contributed by atoms with Gasteiger partial charge in [-0.1, -0.05) is 54.1 Å². The molecular weight excluding hydrogens is 324 g/mol. The van der Waals surface area contributed by atoms with Crippen molar-refractivity contribution in [2.24, 2.45) is 5.92 Å². The number of benzene rings is 1. The average Bonchev–Trinajstić information content (AvgIpc) is 2.53. The Morgan fingerprint density at radius 3 is 2.19 bits per heavy atom. The van der Waals surface area contributed by atoms with Crippen molar-refractivity contribution in [2.45, 2.75) is 58.2 Å². The summed E-state index contributed by atoms with van der Waals surface area (Å²) in [6, 6.07) is 10.5. The van der Waals surface area contributed by atoms with Gasteiger partial charge in [0.25, 0.3) is 0 Å². The maximum atomic E-state index is 11.2. The molecule has 1 saturated heterocycles. The van der Waals surface area contributed by atoms with E-state index in [0.717, 1.165) is 12.8 Å². The lowest BCUT2D eigenvalue weighted by Gasteiger charge is -2.44. The Morgan fingerprint density at radius 2 is 1.69 bits per heavy atom. The second kappa shape index (κ2) is 6.88. The molecule has 1 aromatic carbocycles. The lowest BCUT2D eigenvalue weighted by Crippen LogP contribution is -2.42. The molecule has 3 rings (SSSR count). The molecule has 0 bridgehead atoms. The van der Waals surface area contributed by atoms with Crippen molar-refractivity contribution in [1.82, 2.24) is 0 Å². The van der Waals surface area contributed by atoms with E-state index in [1.54, 1.807) is 6.08 Å². The van der Waals surface area contributed by atoms with Gasteiger partial charge in [-0.25, -0.2) is 4.79 Å². The summed E-state index contributed by atoms with van der Waals surface area (Å²) in [7, 11) is 0. The van der Waals surface area contributed by atoms with Gasteiger partial charge >= 0.3 is 5.97 Å². The van der Waals surface area contributed by atoms with Gasteiger partial charge < -0.3 is 9.84 Å². The van der Waals surface area contributed by atoms with Crippen LogP contribution in [0.3, 0.4) is 0 Å². The van der Waals surface area contributed by atoms with Gasteiger partial charge in [0.1, 0.15) is 0 Å². The first-order valence-electron chi connectivity index (χ1n) is 9.26. The molecule has 26 heavy (non-hydrogen) atoms. The molecule has 0 spiro atoms. The summed E-state index contributed by atoms with van der Waals surface area (Å²) < 4.78 is 6.27. The van der Waals surface area contributed by atoms with Crippen LogP contribution in [0.4, 0.5) is 0 Å². The summed E-state index contributed by atoms with van der Waals surface area (Å²) in [5.74, 6) is -0.665. The number of ether oxygens (including phenoxy) is 1. The zero-order valence-electron chi connectivity index (χ0n) is 16.1. The summed E-state index contributed by atoms with van der Waals surface area (Å²) in [6.07, 6.45) is 8.13. The topological polar surface area (TPSA) is 46.5 Å². The fourth-order valence-corrected chi connectivity index (χ4v) is 4.39. The zero-order valence-corrected chi connectivity index (χ0v) is 16.1. The fourth-order valence-electron chi connectivity index (χ4n) is 4.39. The van der Waals surface area contributed by atoms with E-state index in [0.29, 0.717) is 12.0 Å². The summed E-state index contributed by atoms with van der Waals surface area (Å²) in [5.41, 5.74) is 3.92. The van der Waals surface area contributed by atoms with Crippen molar-refractivity contribution >= 4 is 11.5 Å². The first-order chi connectivity index (χ1) is 12.2. The molecule has 2 aliphatic rings. The molecule has 138 valence electrons. The van der Waals surface area contributed by atoms with E-state index in [1.165, 1.54) is 16.7 Å². The molecule has 0 saturated carbocycles. The van der Waals surface area contributed by atoms with Gasteiger partial charge in [0, 0.05) is 5.92 Å². The zero-order chi connectivity index (χ0) is 18.9. The summed E-state index contributed by atoms with van der Waals surface area (Å²) >= 11 is 0. The Labute approximate surface area is 156 Å². The van der Waals surface area contributed by atoms with Gasteiger partial charge in [0.2, 0.25) is 0 Å². The first kappa shape index (κ1) is 18.7. The van der Waals surface area contributed by atoms with Crippen LogP contribution >= 0.6 is 0 Å². The molecule has 0 aromatic heterocycles. The molecule has 1 atom stereocenters. The highest BCUT2D eigenvalue weighted by molar-refractivity contribution is 5.90. The van der Waals surface area contributed by atoms with E-state index in [1.807, 2.05) is 18.2 Å². The third-order valence-electron chi connectivity index (χ3n) is 5.01. The van der Waals surface area contributed by atoms with Crippen molar-refractivity contribution in [3.8, 4) is 0 Å². The molecule has 1 N–H and O–H groups in total. The highest BCUT2D eigenvalue weighted by Crippen LogP contribution is 2.44. The molecule has 1 aromatic rings. The first-order valence-corrected chi connectivity index (χ1v) is 9.26. The van der Waals surface area contributed by atoms with Crippen molar-refractivity contribution in [3.63, 3.8) is 0 Å². The predicted molar refractivity (Wildman–Crippen MR) is 105 cm³/mol. The number of carbonyl (C=O) groups is 1. The van der Waals surface area contributed by atoms with Crippen LogP contribution in [0.2, 0.25) is 0 Å². The Balaban J connectivity index is 2.06. The van der Waals surface area contributed by atoms with Crippen LogP contribution < -0.4 is 0 Å². The lowest BCUT2D eigenvalue weighted by molar-refractivity contribution is -0.139. The lowest BCUT2D eigenvalue weighted by atomic mass is 9.76. The van der Waals surface area contributed by atoms with Crippen molar-refractivity contribution in [1.29, 1.82) is 0 Å². The minimum Gasteiger partial charge on any atom is -0.478 e. The number of allylic oxidation sites excluding steroid dienone is 3. The molecule has 3 heteroatoms. The molecule has 3 nitrogen and oxygen atoms in total. The number of carboxylic acid groups (broad SMARTS) is 1. The van der Waals surface area contributed by atoms with Crippen LogP contribution in [0.5, 0.6) is 0 Å². The standard InChI is InChI=1S/C23H28O3/c1-22(2)14-19(15-23(3,4)26-22)20(16-8-6-5-7-9-16)17-10-12-18(13-11-17)21(24)25/h5-10,12-13,17H,11,14-15H2,1-4H3,(H,24,25). The monoisotopic (exact) mass is 352 g/mol. The predicted octanol–water partition coefficient (Wildman–Crippen LogP) is 5.39. The van der Waals surface area contributed by atoms with Crippen LogP contribution in [0.1, 0.15) is 52.5 Å². The van der Waals surface area contributed by atoms with Crippen molar-refractivity contribution in [2.75, 3.05) is 0 Å². The average molecular weight is 352 g/mol. The van der Waals surface area contributed by atoms with Gasteiger partial charge in [-0.2, -0.15) is 0 Å². The van der Waals surface area contributed by atoms with E-state index in [4.69, 9.17) is 4.74 Å². The maximum Gasteiger partial charge on any atom is 0.335 e. The van der Waals surface area contributed by atoms with Gasteiger partial charge in [-0.3, -0.25) is 0 Å². The third-order valence-corrected chi connectivity index (χ3v) is 5.01. The van der Waals surface area contributed by atoms with Crippen LogP contribution in [-0.4, -0.2) is 22.3 Å². The molecule has 1 fully saturated rings. The summed E-state index contributed by atoms with van der Waals surface area (Å²) in [6.45, 7) is 8.59. The van der Waals surface area contributed by atoms with E-state index in [2.05, 4.69) is 52.0 Å². The fraction of sp³-hybridized carbons (Fsp3) is 0.435. The van der Waals surface area contributed by atoms with E-state index >= 15 is 0 Å². The Hall–Kier alpha value is -2.13. The van der Waals surface area contributed by atoms with Crippen LogP contribution in [-0.2, 0) is 9.53 Å². The Bertz CT molecular complexity index is 761. The second-order valence-electron chi connectivity index (χ2n) is 8.52. The molecule has 1 aliphatic carbocycles. The Morgan fingerprint density at radius 1 is 1.08 bits per heavy atom. The molecule has 1 heterocycles. The normalized spacial score (nSPS) is 24.1. The van der Waals surface area contributed by atoms with E-state index in [9.17, 15) is 9.90 Å². The van der Waals surface area contributed by atoms with Crippen molar-refractivity contribution < 1.29 is 14.6 Å². The van der Waals surface area contributed by atoms with Crippen LogP contribution in [0.15, 0.2) is 59.7 Å². The van der Waals surface area contributed by atoms with Crippen LogP contribution in [0, 0.1) is 5.92 Å². The van der Waals surface area contributed by atoms with Gasteiger partial charge in [0.15, 0.2) is 0 Å². The molecule has 0 radical (unpaired) electrons. The summed E-state index contributed by atoms with van der Waals surface area (Å²) in [5, 5.41) is 9.22. The number of hydrogen-bond acceptors (Lipinski definition) is 2. The summed E-state index contributed by atoms with van der Waals surface area (Å²) in [4.78, 5) is 11.2. The van der Waals surface area contributed by atoms with Gasteiger partial charge in [-0.15, -0.1) is 0 Å². The molecule has 1 unspecified atom stereocenters. The SMILES string of the molecule is CC1(C)CC(=C(c2ccccc2)C2C=CC(C(=O)O)=CC2)CC(C)(C)O1. The number of aliphatic carboxylic acids is 1. The quantitative estimate of drug-likeness (QED) is 0.793. The van der Waals surface area contributed by atoms with Crippen molar-refractivity contribution in [3.05, 3.63) is 65.3 Å².